The second-order valence-electron chi connectivity index (χ2n) is 7.32. The average Bonchev–Trinajstić information content (AvgIpc) is 2.95. The van der Waals surface area contributed by atoms with Crippen LogP contribution in [0.4, 0.5) is 18.0 Å². The fraction of sp³-hybridized carbons (Fsp3) is 0.474. The first kappa shape index (κ1) is 21.6. The minimum absolute atomic E-state index is 0.0874. The van der Waals surface area contributed by atoms with E-state index in [1.165, 1.54) is 0 Å². The molecule has 1 aromatic heterocycles. The van der Waals surface area contributed by atoms with Crippen LogP contribution in [0, 0.1) is 6.92 Å². The Bertz CT molecular complexity index is 839. The van der Waals surface area contributed by atoms with Gasteiger partial charge in [-0.15, -0.1) is 0 Å². The van der Waals surface area contributed by atoms with Gasteiger partial charge < -0.3 is 14.8 Å². The van der Waals surface area contributed by atoms with Gasteiger partial charge in [0.05, 0.1) is 18.0 Å². The van der Waals surface area contributed by atoms with Crippen LogP contribution in [0.3, 0.4) is 0 Å². The maximum absolute atomic E-state index is 13.2. The molecule has 1 amide bonds. The van der Waals surface area contributed by atoms with Crippen molar-refractivity contribution in [2.45, 2.75) is 52.9 Å². The lowest BCUT2D eigenvalue weighted by atomic mass is 10.1. The van der Waals surface area contributed by atoms with Crippen LogP contribution in [0.25, 0.3) is 5.69 Å². The van der Waals surface area contributed by atoms with Crippen LogP contribution in [-0.4, -0.2) is 28.0 Å². The molecule has 0 saturated carbocycles. The molecule has 1 heterocycles. The van der Waals surface area contributed by atoms with Crippen molar-refractivity contribution >= 4 is 6.09 Å². The van der Waals surface area contributed by atoms with E-state index in [9.17, 15) is 18.0 Å². The Balaban J connectivity index is 2.38. The number of benzene rings is 1. The molecule has 0 fully saturated rings. The highest BCUT2D eigenvalue weighted by atomic mass is 19.4. The van der Waals surface area contributed by atoms with Gasteiger partial charge in [-0.1, -0.05) is 0 Å². The minimum Gasteiger partial charge on any atom is -0.494 e. The number of alkyl carbamates (subject to hydrolysis) is 1. The minimum atomic E-state index is -4.62. The number of nitrogens with zero attached hydrogens (tertiary/aromatic N) is 2. The van der Waals surface area contributed by atoms with E-state index in [-0.39, 0.29) is 12.3 Å². The number of halogens is 3. The number of hydrogen-bond donors (Lipinski definition) is 1. The fourth-order valence-electron chi connectivity index (χ4n) is 2.47. The van der Waals surface area contributed by atoms with Crippen molar-refractivity contribution in [3.05, 3.63) is 41.2 Å². The first-order valence-corrected chi connectivity index (χ1v) is 8.75. The molecule has 0 atom stereocenters. The van der Waals surface area contributed by atoms with Crippen LogP contribution >= 0.6 is 0 Å². The quantitative estimate of drug-likeness (QED) is 0.797. The van der Waals surface area contributed by atoms with Crippen molar-refractivity contribution in [2.75, 3.05) is 6.61 Å². The molecule has 0 unspecified atom stereocenters. The number of aromatic nitrogens is 2. The molecular weight excluding hydrogens is 375 g/mol. The second kappa shape index (κ2) is 8.12. The van der Waals surface area contributed by atoms with E-state index in [1.807, 2.05) is 6.92 Å². The molecule has 9 heteroatoms. The van der Waals surface area contributed by atoms with Crippen LogP contribution in [0.1, 0.15) is 44.6 Å². The zero-order valence-electron chi connectivity index (χ0n) is 16.5. The third kappa shape index (κ3) is 5.90. The molecule has 0 spiro atoms. The Kier molecular flexibility index (Phi) is 6.26. The third-order valence-electron chi connectivity index (χ3n) is 3.49. The molecule has 1 aromatic carbocycles. The molecule has 28 heavy (non-hydrogen) atoms. The van der Waals surface area contributed by atoms with Crippen LogP contribution in [0.2, 0.25) is 0 Å². The number of rotatable bonds is 5. The number of ether oxygens (including phenoxy) is 2. The third-order valence-corrected chi connectivity index (χ3v) is 3.49. The molecule has 0 saturated heterocycles. The SMILES string of the molecule is CCOc1cc(C)cc(-n2nc(C(F)(F)F)cc2COC(=O)NC(C)(C)C)c1. The molecule has 0 aliphatic rings. The summed E-state index contributed by atoms with van der Waals surface area (Å²) < 4.78 is 51.2. The largest absolute Gasteiger partial charge is 0.494 e. The molecule has 0 radical (unpaired) electrons. The number of alkyl halides is 3. The van der Waals surface area contributed by atoms with E-state index < -0.39 is 23.5 Å². The van der Waals surface area contributed by atoms with E-state index >= 15 is 0 Å². The molecule has 2 aromatic rings. The maximum atomic E-state index is 13.2. The Morgan fingerprint density at radius 3 is 2.43 bits per heavy atom. The summed E-state index contributed by atoms with van der Waals surface area (Å²) in [6.45, 7) is 8.95. The number of nitrogens with one attached hydrogen (secondary N) is 1. The van der Waals surface area contributed by atoms with E-state index in [2.05, 4.69) is 10.4 Å². The molecule has 6 nitrogen and oxygen atoms in total. The maximum Gasteiger partial charge on any atom is 0.435 e. The van der Waals surface area contributed by atoms with E-state index in [1.54, 1.807) is 45.9 Å². The summed E-state index contributed by atoms with van der Waals surface area (Å²) in [5, 5.41) is 6.26. The van der Waals surface area contributed by atoms with Crippen LogP contribution in [0.15, 0.2) is 24.3 Å². The highest BCUT2D eigenvalue weighted by Gasteiger charge is 2.35. The van der Waals surface area contributed by atoms with Gasteiger partial charge in [0, 0.05) is 11.6 Å². The predicted octanol–water partition coefficient (Wildman–Crippen LogP) is 4.62. The Labute approximate surface area is 161 Å². The molecular formula is C19H24F3N3O3. The Morgan fingerprint density at radius 1 is 1.18 bits per heavy atom. The predicted molar refractivity (Wildman–Crippen MR) is 97.5 cm³/mol. The standard InChI is InChI=1S/C19H24F3N3O3/c1-6-27-15-8-12(2)7-13(9-15)25-14(10-16(24-25)19(20,21)22)11-28-17(26)23-18(3,4)5/h7-10H,6,11H2,1-5H3,(H,23,26). The zero-order chi connectivity index (χ0) is 21.1. The summed E-state index contributed by atoms with van der Waals surface area (Å²) in [6.07, 6.45) is -5.35. The van der Waals surface area contributed by atoms with Gasteiger partial charge in [-0.25, -0.2) is 9.48 Å². The second-order valence-corrected chi connectivity index (χ2v) is 7.32. The summed E-state index contributed by atoms with van der Waals surface area (Å²) in [6, 6.07) is 5.90. The van der Waals surface area contributed by atoms with Crippen molar-refractivity contribution in [3.63, 3.8) is 0 Å². The number of aryl methyl sites for hydroxylation is 1. The van der Waals surface area contributed by atoms with E-state index in [4.69, 9.17) is 9.47 Å². The fourth-order valence-corrected chi connectivity index (χ4v) is 2.47. The van der Waals surface area contributed by atoms with Crippen molar-refractivity contribution < 1.29 is 27.4 Å². The van der Waals surface area contributed by atoms with Gasteiger partial charge >= 0.3 is 12.3 Å². The summed E-state index contributed by atoms with van der Waals surface area (Å²) in [5.41, 5.74) is -0.334. The van der Waals surface area contributed by atoms with Gasteiger partial charge in [-0.2, -0.15) is 18.3 Å². The van der Waals surface area contributed by atoms with E-state index in [0.29, 0.717) is 18.0 Å². The first-order chi connectivity index (χ1) is 12.9. The molecule has 0 aliphatic carbocycles. The lowest BCUT2D eigenvalue weighted by Crippen LogP contribution is -2.40. The summed E-state index contributed by atoms with van der Waals surface area (Å²) in [4.78, 5) is 11.9. The molecule has 1 N–H and O–H groups in total. The van der Waals surface area contributed by atoms with Crippen LogP contribution in [-0.2, 0) is 17.5 Å². The van der Waals surface area contributed by atoms with Gasteiger partial charge in [0.2, 0.25) is 0 Å². The molecule has 154 valence electrons. The first-order valence-electron chi connectivity index (χ1n) is 8.75. The molecule has 0 aliphatic heterocycles. The monoisotopic (exact) mass is 399 g/mol. The van der Waals surface area contributed by atoms with Gasteiger partial charge in [0.25, 0.3) is 0 Å². The highest BCUT2D eigenvalue weighted by Crippen LogP contribution is 2.30. The zero-order valence-corrected chi connectivity index (χ0v) is 16.5. The van der Waals surface area contributed by atoms with Crippen molar-refractivity contribution in [1.29, 1.82) is 0 Å². The Morgan fingerprint density at radius 2 is 1.86 bits per heavy atom. The van der Waals surface area contributed by atoms with Crippen molar-refractivity contribution in [2.24, 2.45) is 0 Å². The van der Waals surface area contributed by atoms with Crippen molar-refractivity contribution in [3.8, 4) is 11.4 Å². The van der Waals surface area contributed by atoms with E-state index in [0.717, 1.165) is 16.3 Å². The average molecular weight is 399 g/mol. The lowest BCUT2D eigenvalue weighted by Gasteiger charge is -2.20. The van der Waals surface area contributed by atoms with Gasteiger partial charge in [-0.3, -0.25) is 0 Å². The lowest BCUT2D eigenvalue weighted by molar-refractivity contribution is -0.141. The number of hydrogen-bond acceptors (Lipinski definition) is 4. The molecule has 0 bridgehead atoms. The summed E-state index contributed by atoms with van der Waals surface area (Å²) in [7, 11) is 0. The Hall–Kier alpha value is -2.71. The molecule has 2 rings (SSSR count). The topological polar surface area (TPSA) is 65.4 Å². The highest BCUT2D eigenvalue weighted by molar-refractivity contribution is 5.68. The van der Waals surface area contributed by atoms with Crippen molar-refractivity contribution in [1.82, 2.24) is 15.1 Å². The van der Waals surface area contributed by atoms with Gasteiger partial charge in [0.15, 0.2) is 5.69 Å². The summed E-state index contributed by atoms with van der Waals surface area (Å²) >= 11 is 0. The smallest absolute Gasteiger partial charge is 0.435 e. The van der Waals surface area contributed by atoms with Crippen LogP contribution < -0.4 is 10.1 Å². The van der Waals surface area contributed by atoms with Gasteiger partial charge in [0.1, 0.15) is 12.4 Å². The number of carbonyl (C=O) groups excluding carboxylic acids is 1. The van der Waals surface area contributed by atoms with Gasteiger partial charge in [-0.05, 0) is 58.4 Å². The number of carbonyl (C=O) groups is 1. The number of amides is 1. The summed E-state index contributed by atoms with van der Waals surface area (Å²) in [5.74, 6) is 0.513. The normalized spacial score (nSPS) is 12.0. The van der Waals surface area contributed by atoms with Crippen LogP contribution in [0.5, 0.6) is 5.75 Å².